The summed E-state index contributed by atoms with van der Waals surface area (Å²) < 4.78 is 16.6. The molecular weight excluding hydrogens is 434 g/mol. The standard InChI is InChI=1S/C27H33NO4S/c1-18-8-10-20(27(2,3)4)17-24(18)33-25-13-12-22(32-25)26(29)28(5)15-14-19-9-11-21(30-6)23(16-19)31-7/h8-13,16-17H,14-15H2,1-7H3. The zero-order chi connectivity index (χ0) is 24.2. The molecule has 0 saturated carbocycles. The summed E-state index contributed by atoms with van der Waals surface area (Å²) in [5, 5.41) is 0.709. The first-order chi connectivity index (χ1) is 15.6. The monoisotopic (exact) mass is 467 g/mol. The molecule has 0 aliphatic heterocycles. The lowest BCUT2D eigenvalue weighted by Gasteiger charge is -2.20. The number of furan rings is 1. The molecule has 0 N–H and O–H groups in total. The molecule has 0 spiro atoms. The lowest BCUT2D eigenvalue weighted by Crippen LogP contribution is -2.28. The molecule has 33 heavy (non-hydrogen) atoms. The Morgan fingerprint density at radius 1 is 1.00 bits per heavy atom. The number of carbonyl (C=O) groups is 1. The number of likely N-dealkylation sites (N-methyl/N-ethyl adjacent to an activating group) is 1. The van der Waals surface area contributed by atoms with E-state index in [2.05, 4.69) is 45.9 Å². The Morgan fingerprint density at radius 3 is 2.39 bits per heavy atom. The molecule has 1 heterocycles. The van der Waals surface area contributed by atoms with Crippen LogP contribution in [0.2, 0.25) is 0 Å². The number of carbonyl (C=O) groups excluding carboxylic acids is 1. The molecule has 0 unspecified atom stereocenters. The average molecular weight is 468 g/mol. The van der Waals surface area contributed by atoms with Crippen LogP contribution in [0.25, 0.3) is 0 Å². The summed E-state index contributed by atoms with van der Waals surface area (Å²) in [5.41, 5.74) is 3.60. The van der Waals surface area contributed by atoms with Crippen LogP contribution in [-0.4, -0.2) is 38.6 Å². The van der Waals surface area contributed by atoms with Gasteiger partial charge in [-0.05, 0) is 65.8 Å². The van der Waals surface area contributed by atoms with E-state index in [1.807, 2.05) is 24.3 Å². The van der Waals surface area contributed by atoms with Crippen molar-refractivity contribution in [2.24, 2.45) is 0 Å². The number of nitrogens with zero attached hydrogens (tertiary/aromatic N) is 1. The maximum absolute atomic E-state index is 12.9. The molecule has 0 fully saturated rings. The van der Waals surface area contributed by atoms with Crippen LogP contribution < -0.4 is 9.47 Å². The quantitative estimate of drug-likeness (QED) is 0.385. The number of aryl methyl sites for hydroxylation is 1. The summed E-state index contributed by atoms with van der Waals surface area (Å²) >= 11 is 1.55. The Bertz CT molecular complexity index is 1110. The van der Waals surface area contributed by atoms with Crippen molar-refractivity contribution in [2.75, 3.05) is 27.8 Å². The van der Waals surface area contributed by atoms with E-state index in [-0.39, 0.29) is 11.3 Å². The van der Waals surface area contributed by atoms with E-state index in [1.54, 1.807) is 44.0 Å². The van der Waals surface area contributed by atoms with Crippen molar-refractivity contribution in [3.63, 3.8) is 0 Å². The summed E-state index contributed by atoms with van der Waals surface area (Å²) in [6, 6.07) is 15.9. The van der Waals surface area contributed by atoms with Crippen LogP contribution in [0.3, 0.4) is 0 Å². The highest BCUT2D eigenvalue weighted by atomic mass is 32.2. The largest absolute Gasteiger partial charge is 0.493 e. The number of amides is 1. The smallest absolute Gasteiger partial charge is 0.289 e. The molecule has 2 aromatic carbocycles. The summed E-state index contributed by atoms with van der Waals surface area (Å²) in [4.78, 5) is 15.7. The Morgan fingerprint density at radius 2 is 1.73 bits per heavy atom. The zero-order valence-corrected chi connectivity index (χ0v) is 21.3. The molecule has 3 aromatic rings. The Labute approximate surface area is 201 Å². The molecule has 6 heteroatoms. The molecule has 0 saturated heterocycles. The fourth-order valence-corrected chi connectivity index (χ4v) is 4.30. The van der Waals surface area contributed by atoms with Gasteiger partial charge in [-0.15, -0.1) is 0 Å². The Hall–Kier alpha value is -2.86. The average Bonchev–Trinajstić information content (AvgIpc) is 3.25. The topological polar surface area (TPSA) is 51.9 Å². The van der Waals surface area contributed by atoms with Crippen molar-refractivity contribution in [3.8, 4) is 11.5 Å². The van der Waals surface area contributed by atoms with E-state index in [1.165, 1.54) is 11.1 Å². The second-order valence-corrected chi connectivity index (χ2v) is 10.2. The number of methoxy groups -OCH3 is 2. The minimum absolute atomic E-state index is 0.0733. The molecule has 1 amide bonds. The van der Waals surface area contributed by atoms with Crippen LogP contribution in [0, 0.1) is 6.92 Å². The van der Waals surface area contributed by atoms with Crippen molar-refractivity contribution in [2.45, 2.75) is 49.5 Å². The SMILES string of the molecule is COc1ccc(CCN(C)C(=O)c2ccc(Sc3cc(C(C)(C)C)ccc3C)o2)cc1OC. The van der Waals surface area contributed by atoms with Crippen LogP contribution in [0.5, 0.6) is 11.5 Å². The van der Waals surface area contributed by atoms with E-state index >= 15 is 0 Å². The fourth-order valence-electron chi connectivity index (χ4n) is 3.40. The van der Waals surface area contributed by atoms with E-state index in [0.717, 1.165) is 10.5 Å². The van der Waals surface area contributed by atoms with Gasteiger partial charge in [-0.25, -0.2) is 0 Å². The molecule has 0 bridgehead atoms. The highest BCUT2D eigenvalue weighted by Gasteiger charge is 2.19. The predicted molar refractivity (Wildman–Crippen MR) is 133 cm³/mol. The first-order valence-corrected chi connectivity index (χ1v) is 11.8. The first-order valence-electron chi connectivity index (χ1n) is 11.0. The van der Waals surface area contributed by atoms with Crippen LogP contribution in [-0.2, 0) is 11.8 Å². The molecule has 0 aliphatic rings. The zero-order valence-electron chi connectivity index (χ0n) is 20.5. The van der Waals surface area contributed by atoms with Crippen molar-refractivity contribution in [1.82, 2.24) is 4.90 Å². The highest BCUT2D eigenvalue weighted by Crippen LogP contribution is 2.35. The van der Waals surface area contributed by atoms with Gasteiger partial charge >= 0.3 is 0 Å². The van der Waals surface area contributed by atoms with Gasteiger partial charge < -0.3 is 18.8 Å². The van der Waals surface area contributed by atoms with Gasteiger partial charge in [0.2, 0.25) is 0 Å². The lowest BCUT2D eigenvalue weighted by molar-refractivity contribution is 0.0759. The van der Waals surface area contributed by atoms with Gasteiger partial charge in [0.05, 0.1) is 14.2 Å². The van der Waals surface area contributed by atoms with Gasteiger partial charge in [0, 0.05) is 18.5 Å². The molecule has 176 valence electrons. The predicted octanol–water partition coefficient (Wildman–Crippen LogP) is 6.37. The van der Waals surface area contributed by atoms with Gasteiger partial charge in [0.1, 0.15) is 0 Å². The summed E-state index contributed by atoms with van der Waals surface area (Å²) in [6.07, 6.45) is 0.698. The number of hydrogen-bond donors (Lipinski definition) is 0. The minimum Gasteiger partial charge on any atom is -0.493 e. The molecule has 0 radical (unpaired) electrons. The minimum atomic E-state index is -0.137. The maximum Gasteiger partial charge on any atom is 0.289 e. The van der Waals surface area contributed by atoms with Gasteiger partial charge in [-0.3, -0.25) is 4.79 Å². The highest BCUT2D eigenvalue weighted by molar-refractivity contribution is 7.99. The van der Waals surface area contributed by atoms with Crippen LogP contribution >= 0.6 is 11.8 Å². The fraction of sp³-hybridized carbons (Fsp3) is 0.370. The second-order valence-electron chi connectivity index (χ2n) is 9.12. The van der Waals surface area contributed by atoms with Crippen molar-refractivity contribution >= 4 is 17.7 Å². The second kappa shape index (κ2) is 10.4. The van der Waals surface area contributed by atoms with E-state index in [9.17, 15) is 4.79 Å². The lowest BCUT2D eigenvalue weighted by atomic mass is 9.87. The number of ether oxygens (including phenoxy) is 2. The van der Waals surface area contributed by atoms with Gasteiger partial charge in [0.15, 0.2) is 22.4 Å². The van der Waals surface area contributed by atoms with E-state index in [0.29, 0.717) is 35.3 Å². The third-order valence-corrected chi connectivity index (χ3v) is 6.67. The van der Waals surface area contributed by atoms with Crippen molar-refractivity contribution in [3.05, 3.63) is 71.0 Å². The number of benzene rings is 2. The third-order valence-electron chi connectivity index (χ3n) is 5.59. The first kappa shape index (κ1) is 24.8. The molecule has 0 atom stereocenters. The number of rotatable bonds is 8. The van der Waals surface area contributed by atoms with E-state index in [4.69, 9.17) is 13.9 Å². The molecule has 3 rings (SSSR count). The summed E-state index contributed by atoms with van der Waals surface area (Å²) in [5.74, 6) is 1.58. The molecule has 0 aliphatic carbocycles. The van der Waals surface area contributed by atoms with Crippen LogP contribution in [0.15, 0.2) is 62.9 Å². The van der Waals surface area contributed by atoms with Crippen LogP contribution in [0.4, 0.5) is 0 Å². The molecular formula is C27H33NO4S. The van der Waals surface area contributed by atoms with Crippen LogP contribution in [0.1, 0.15) is 48.0 Å². The van der Waals surface area contributed by atoms with Crippen molar-refractivity contribution < 1.29 is 18.7 Å². The maximum atomic E-state index is 12.9. The Kier molecular flexibility index (Phi) is 7.80. The van der Waals surface area contributed by atoms with Gasteiger partial charge in [-0.2, -0.15) is 0 Å². The summed E-state index contributed by atoms with van der Waals surface area (Å²) in [6.45, 7) is 9.25. The van der Waals surface area contributed by atoms with Crippen molar-refractivity contribution in [1.29, 1.82) is 0 Å². The third kappa shape index (κ3) is 6.14. The molecule has 1 aromatic heterocycles. The molecule has 5 nitrogen and oxygen atoms in total. The normalized spacial score (nSPS) is 11.4. The summed E-state index contributed by atoms with van der Waals surface area (Å²) in [7, 11) is 5.02. The van der Waals surface area contributed by atoms with E-state index < -0.39 is 0 Å². The Balaban J connectivity index is 1.65. The number of hydrogen-bond acceptors (Lipinski definition) is 5. The van der Waals surface area contributed by atoms with Gasteiger partial charge in [-0.1, -0.05) is 50.7 Å². The van der Waals surface area contributed by atoms with Gasteiger partial charge in [0.25, 0.3) is 5.91 Å².